The van der Waals surface area contributed by atoms with Gasteiger partial charge in [-0.05, 0) is 44.1 Å². The highest BCUT2D eigenvalue weighted by Crippen LogP contribution is 2.29. The van der Waals surface area contributed by atoms with E-state index in [1.165, 1.54) is 19.3 Å². The zero-order valence-electron chi connectivity index (χ0n) is 10.7. The fourth-order valence-corrected chi connectivity index (χ4v) is 2.38. The Bertz CT molecular complexity index is 175. The fraction of sp³-hybridized carbons (Fsp3) is 1.00. The molecule has 3 atom stereocenters. The highest BCUT2D eigenvalue weighted by atomic mass is 16.5. The molecule has 0 radical (unpaired) electrons. The fourth-order valence-electron chi connectivity index (χ4n) is 2.38. The predicted octanol–water partition coefficient (Wildman–Crippen LogP) is 1.80. The van der Waals surface area contributed by atoms with E-state index in [2.05, 4.69) is 19.2 Å². The van der Waals surface area contributed by atoms with E-state index in [-0.39, 0.29) is 6.61 Å². The predicted molar refractivity (Wildman–Crippen MR) is 66.5 cm³/mol. The first-order chi connectivity index (χ1) is 7.74. The summed E-state index contributed by atoms with van der Waals surface area (Å²) in [6.45, 7) is 7.12. The third-order valence-electron chi connectivity index (χ3n) is 3.73. The molecule has 0 saturated heterocycles. The van der Waals surface area contributed by atoms with Gasteiger partial charge in [0.1, 0.15) is 0 Å². The molecular weight excluding hydrogens is 202 g/mol. The summed E-state index contributed by atoms with van der Waals surface area (Å²) in [5.41, 5.74) is 0. The molecule has 2 N–H and O–H groups in total. The maximum Gasteiger partial charge on any atom is 0.0697 e. The maximum atomic E-state index is 8.54. The van der Waals surface area contributed by atoms with E-state index in [9.17, 15) is 0 Å². The van der Waals surface area contributed by atoms with E-state index in [1.54, 1.807) is 0 Å². The lowest BCUT2D eigenvalue weighted by Crippen LogP contribution is -2.36. The zero-order valence-corrected chi connectivity index (χ0v) is 10.7. The third-order valence-corrected chi connectivity index (χ3v) is 3.73. The molecule has 0 aromatic carbocycles. The van der Waals surface area contributed by atoms with E-state index in [4.69, 9.17) is 9.84 Å². The Kier molecular flexibility index (Phi) is 7.01. The molecule has 0 aromatic rings. The molecule has 3 nitrogen and oxygen atoms in total. The van der Waals surface area contributed by atoms with Crippen molar-refractivity contribution in [3.8, 4) is 0 Å². The standard InChI is InChI=1S/C13H27NO2/c1-11-4-5-13(10-12(11)2)14-6-3-8-16-9-7-15/h11-15H,3-10H2,1-2H3. The van der Waals surface area contributed by atoms with Gasteiger partial charge in [-0.25, -0.2) is 0 Å². The average molecular weight is 229 g/mol. The number of nitrogens with one attached hydrogen (secondary N) is 1. The van der Waals surface area contributed by atoms with Crippen molar-refractivity contribution >= 4 is 0 Å². The molecule has 0 amide bonds. The van der Waals surface area contributed by atoms with Gasteiger partial charge >= 0.3 is 0 Å². The van der Waals surface area contributed by atoms with Crippen molar-refractivity contribution in [1.82, 2.24) is 5.32 Å². The van der Waals surface area contributed by atoms with E-state index in [0.29, 0.717) is 12.6 Å². The van der Waals surface area contributed by atoms with Crippen LogP contribution in [0.3, 0.4) is 0 Å². The van der Waals surface area contributed by atoms with Crippen molar-refractivity contribution < 1.29 is 9.84 Å². The van der Waals surface area contributed by atoms with Crippen LogP contribution >= 0.6 is 0 Å². The summed E-state index contributed by atoms with van der Waals surface area (Å²) in [5.74, 6) is 1.75. The van der Waals surface area contributed by atoms with Crippen LogP contribution in [0.5, 0.6) is 0 Å². The molecule has 0 aromatic heterocycles. The first-order valence-electron chi connectivity index (χ1n) is 6.66. The van der Waals surface area contributed by atoms with Gasteiger partial charge in [0.2, 0.25) is 0 Å². The van der Waals surface area contributed by atoms with E-state index in [1.807, 2.05) is 0 Å². The monoisotopic (exact) mass is 229 g/mol. The number of hydrogen-bond donors (Lipinski definition) is 2. The Morgan fingerprint density at radius 2 is 2.00 bits per heavy atom. The van der Waals surface area contributed by atoms with Crippen LogP contribution in [-0.4, -0.2) is 37.5 Å². The van der Waals surface area contributed by atoms with Gasteiger partial charge in [0.25, 0.3) is 0 Å². The van der Waals surface area contributed by atoms with Gasteiger partial charge in [-0.3, -0.25) is 0 Å². The molecule has 3 heteroatoms. The summed E-state index contributed by atoms with van der Waals surface area (Å²) in [4.78, 5) is 0. The average Bonchev–Trinajstić information content (AvgIpc) is 2.28. The lowest BCUT2D eigenvalue weighted by Gasteiger charge is -2.32. The minimum atomic E-state index is 0.130. The van der Waals surface area contributed by atoms with Crippen molar-refractivity contribution in [2.75, 3.05) is 26.4 Å². The van der Waals surface area contributed by atoms with Crippen molar-refractivity contribution in [2.45, 2.75) is 45.6 Å². The van der Waals surface area contributed by atoms with Gasteiger partial charge in [0.05, 0.1) is 13.2 Å². The Hall–Kier alpha value is -0.120. The van der Waals surface area contributed by atoms with Crippen molar-refractivity contribution in [3.63, 3.8) is 0 Å². The number of aliphatic hydroxyl groups is 1. The Morgan fingerprint density at radius 3 is 2.69 bits per heavy atom. The van der Waals surface area contributed by atoms with Crippen LogP contribution in [0.15, 0.2) is 0 Å². The second-order valence-electron chi connectivity index (χ2n) is 5.11. The molecule has 1 aliphatic rings. The van der Waals surface area contributed by atoms with E-state index in [0.717, 1.165) is 31.4 Å². The number of aliphatic hydroxyl groups excluding tert-OH is 1. The Morgan fingerprint density at radius 1 is 1.19 bits per heavy atom. The molecule has 0 heterocycles. The highest BCUT2D eigenvalue weighted by molar-refractivity contribution is 4.79. The van der Waals surface area contributed by atoms with Crippen LogP contribution in [0, 0.1) is 11.8 Å². The molecule has 96 valence electrons. The Balaban J connectivity index is 1.97. The summed E-state index contributed by atoms with van der Waals surface area (Å²) in [6, 6.07) is 0.712. The van der Waals surface area contributed by atoms with Gasteiger partial charge in [0.15, 0.2) is 0 Å². The minimum Gasteiger partial charge on any atom is -0.394 e. The molecule has 1 rings (SSSR count). The molecule has 1 saturated carbocycles. The van der Waals surface area contributed by atoms with Gasteiger partial charge < -0.3 is 15.2 Å². The normalized spacial score (nSPS) is 30.6. The van der Waals surface area contributed by atoms with Crippen molar-refractivity contribution in [2.24, 2.45) is 11.8 Å². The second-order valence-corrected chi connectivity index (χ2v) is 5.11. The smallest absolute Gasteiger partial charge is 0.0697 e. The molecule has 0 bridgehead atoms. The second kappa shape index (κ2) is 8.04. The highest BCUT2D eigenvalue weighted by Gasteiger charge is 2.23. The van der Waals surface area contributed by atoms with Crippen molar-refractivity contribution in [1.29, 1.82) is 0 Å². The van der Waals surface area contributed by atoms with E-state index < -0.39 is 0 Å². The molecule has 1 fully saturated rings. The lowest BCUT2D eigenvalue weighted by atomic mass is 9.79. The third kappa shape index (κ3) is 5.28. The maximum absolute atomic E-state index is 8.54. The van der Waals surface area contributed by atoms with Gasteiger partial charge in [-0.2, -0.15) is 0 Å². The van der Waals surface area contributed by atoms with Crippen LogP contribution in [0.2, 0.25) is 0 Å². The van der Waals surface area contributed by atoms with E-state index >= 15 is 0 Å². The van der Waals surface area contributed by atoms with Crippen LogP contribution in [0.1, 0.15) is 39.5 Å². The lowest BCUT2D eigenvalue weighted by molar-refractivity contribution is 0.0897. The summed E-state index contributed by atoms with van der Waals surface area (Å²) in [7, 11) is 0. The number of hydrogen-bond acceptors (Lipinski definition) is 3. The molecule has 3 unspecified atom stereocenters. The summed E-state index contributed by atoms with van der Waals surface area (Å²) >= 11 is 0. The molecule has 0 spiro atoms. The summed E-state index contributed by atoms with van der Waals surface area (Å²) < 4.78 is 5.22. The molecule has 0 aliphatic heterocycles. The summed E-state index contributed by atoms with van der Waals surface area (Å²) in [5, 5.41) is 12.1. The largest absolute Gasteiger partial charge is 0.394 e. The molecular formula is C13H27NO2. The molecule has 1 aliphatic carbocycles. The number of ether oxygens (including phenoxy) is 1. The van der Waals surface area contributed by atoms with Crippen LogP contribution in [0.25, 0.3) is 0 Å². The van der Waals surface area contributed by atoms with Gasteiger partial charge in [-0.1, -0.05) is 13.8 Å². The van der Waals surface area contributed by atoms with Crippen LogP contribution in [0.4, 0.5) is 0 Å². The number of rotatable bonds is 7. The quantitative estimate of drug-likeness (QED) is 0.654. The first kappa shape index (κ1) is 13.9. The van der Waals surface area contributed by atoms with Gasteiger partial charge in [0, 0.05) is 12.6 Å². The van der Waals surface area contributed by atoms with Gasteiger partial charge in [-0.15, -0.1) is 0 Å². The van der Waals surface area contributed by atoms with Crippen molar-refractivity contribution in [3.05, 3.63) is 0 Å². The van der Waals surface area contributed by atoms with Crippen LogP contribution in [-0.2, 0) is 4.74 Å². The Labute approximate surface area is 99.6 Å². The molecule has 16 heavy (non-hydrogen) atoms. The first-order valence-corrected chi connectivity index (χ1v) is 6.66. The SMILES string of the molecule is CC1CCC(NCCCOCCO)CC1C. The summed E-state index contributed by atoms with van der Waals surface area (Å²) in [6.07, 6.45) is 5.04. The van der Waals surface area contributed by atoms with Crippen LogP contribution < -0.4 is 5.32 Å². The topological polar surface area (TPSA) is 41.5 Å². The minimum absolute atomic E-state index is 0.130. The zero-order chi connectivity index (χ0) is 11.8.